The van der Waals surface area contributed by atoms with E-state index in [1.807, 2.05) is 0 Å². The third kappa shape index (κ3) is 7.50. The minimum Gasteiger partial charge on any atom is -0.369 e. The van der Waals surface area contributed by atoms with Crippen molar-refractivity contribution in [2.45, 2.75) is 64.1 Å². The minimum atomic E-state index is -0.290. The van der Waals surface area contributed by atoms with E-state index in [1.165, 1.54) is 38.2 Å². The van der Waals surface area contributed by atoms with Gasteiger partial charge in [-0.1, -0.05) is 51.5 Å². The molecule has 0 aromatic carbocycles. The first-order chi connectivity index (χ1) is 9.27. The highest BCUT2D eigenvalue weighted by Gasteiger charge is 2.36. The Morgan fingerprint density at radius 3 is 2.74 bits per heavy atom. The molecule has 2 nitrogen and oxygen atoms in total. The molecule has 0 aromatic heterocycles. The summed E-state index contributed by atoms with van der Waals surface area (Å²) >= 11 is 0. The van der Waals surface area contributed by atoms with Crippen LogP contribution in [0.2, 0.25) is 0 Å². The molecule has 0 N–H and O–H groups in total. The maximum Gasteiger partial charge on any atom is 0.229 e. The maximum absolute atomic E-state index is 10.8. The van der Waals surface area contributed by atoms with Gasteiger partial charge < -0.3 is 4.74 Å². The molecule has 0 unspecified atom stereocenters. The number of carbonyl (C=O) groups is 1. The van der Waals surface area contributed by atoms with Gasteiger partial charge in [0.25, 0.3) is 0 Å². The number of carbonyl (C=O) groups excluding carboxylic acids is 1. The lowest BCUT2D eigenvalue weighted by Gasteiger charge is -1.96. The normalized spacial score (nSPS) is 19.6. The molecule has 1 fully saturated rings. The molecule has 1 aliphatic rings. The molecule has 2 atom stereocenters. The fourth-order valence-electron chi connectivity index (χ4n) is 1.90. The zero-order valence-electron chi connectivity index (χ0n) is 11.7. The van der Waals surface area contributed by atoms with Gasteiger partial charge in [-0.05, 0) is 30.3 Å². The van der Waals surface area contributed by atoms with Crippen LogP contribution < -0.4 is 0 Å². The summed E-state index contributed by atoms with van der Waals surface area (Å²) < 4.78 is 5.54. The molecule has 19 heavy (non-hydrogen) atoms. The monoisotopic (exact) mass is 258 g/mol. The second kappa shape index (κ2) is 9.42. The molecular formula is C17H22O2. The van der Waals surface area contributed by atoms with Crippen molar-refractivity contribution >= 4 is 5.78 Å². The molecule has 0 saturated carbocycles. The molecule has 1 rings (SSSR count). The van der Waals surface area contributed by atoms with E-state index in [-0.39, 0.29) is 11.9 Å². The molecule has 102 valence electrons. The van der Waals surface area contributed by atoms with Crippen molar-refractivity contribution in [3.05, 3.63) is 12.7 Å². The highest BCUT2D eigenvalue weighted by molar-refractivity contribution is 6.04. The van der Waals surface area contributed by atoms with Crippen LogP contribution in [-0.2, 0) is 9.53 Å². The van der Waals surface area contributed by atoms with E-state index in [1.54, 1.807) is 0 Å². The van der Waals surface area contributed by atoms with Crippen molar-refractivity contribution in [1.82, 2.24) is 0 Å². The van der Waals surface area contributed by atoms with E-state index in [4.69, 9.17) is 4.74 Å². The van der Waals surface area contributed by atoms with Gasteiger partial charge in [0.15, 0.2) is 0 Å². The second-order valence-electron chi connectivity index (χ2n) is 4.74. The molecule has 0 aromatic rings. The lowest BCUT2D eigenvalue weighted by molar-refractivity contribution is -0.109. The van der Waals surface area contributed by atoms with Crippen LogP contribution in [0.1, 0.15) is 51.9 Å². The van der Waals surface area contributed by atoms with Gasteiger partial charge in [0, 0.05) is 6.42 Å². The molecule has 1 saturated heterocycles. The van der Waals surface area contributed by atoms with Crippen LogP contribution in [0.15, 0.2) is 12.7 Å². The van der Waals surface area contributed by atoms with Crippen LogP contribution in [-0.4, -0.2) is 18.0 Å². The van der Waals surface area contributed by atoms with Crippen LogP contribution in [0.4, 0.5) is 0 Å². The Morgan fingerprint density at radius 1 is 1.21 bits per heavy atom. The predicted octanol–water partition coefficient (Wildman–Crippen LogP) is 3.27. The zero-order valence-corrected chi connectivity index (χ0v) is 11.7. The molecule has 0 amide bonds. The van der Waals surface area contributed by atoms with E-state index in [0.717, 1.165) is 12.8 Å². The Morgan fingerprint density at radius 2 is 2.00 bits per heavy atom. The lowest BCUT2D eigenvalue weighted by atomic mass is 10.1. The van der Waals surface area contributed by atoms with Gasteiger partial charge in [-0.3, -0.25) is 4.79 Å². The first kappa shape index (κ1) is 15.5. The molecule has 1 heterocycles. The summed E-state index contributed by atoms with van der Waals surface area (Å²) in [5.41, 5.74) is 0. The van der Waals surface area contributed by atoms with Crippen molar-refractivity contribution < 1.29 is 9.53 Å². The van der Waals surface area contributed by atoms with Gasteiger partial charge >= 0.3 is 0 Å². The Bertz CT molecular complexity index is 414. The summed E-state index contributed by atoms with van der Waals surface area (Å²) in [4.78, 5) is 10.8. The SMILES string of the molecule is C=CC(=O)C#CC#CC[C@H]1O[C@@H]1CCCCCCC. The summed E-state index contributed by atoms with van der Waals surface area (Å²) in [5, 5.41) is 0. The zero-order chi connectivity index (χ0) is 13.9. The average molecular weight is 258 g/mol. The molecular weight excluding hydrogens is 236 g/mol. The van der Waals surface area contributed by atoms with Crippen molar-refractivity contribution in [3.8, 4) is 23.7 Å². The smallest absolute Gasteiger partial charge is 0.229 e. The number of unbranched alkanes of at least 4 members (excludes halogenated alkanes) is 4. The molecule has 0 bridgehead atoms. The van der Waals surface area contributed by atoms with Crippen LogP contribution in [0.3, 0.4) is 0 Å². The second-order valence-corrected chi connectivity index (χ2v) is 4.74. The fraction of sp³-hybridized carbons (Fsp3) is 0.588. The third-order valence-corrected chi connectivity index (χ3v) is 3.11. The highest BCUT2D eigenvalue weighted by atomic mass is 16.6. The van der Waals surface area contributed by atoms with Crippen LogP contribution in [0, 0.1) is 23.7 Å². The minimum absolute atomic E-state index is 0.288. The van der Waals surface area contributed by atoms with Crippen molar-refractivity contribution in [2.75, 3.05) is 0 Å². The third-order valence-electron chi connectivity index (χ3n) is 3.11. The van der Waals surface area contributed by atoms with E-state index in [9.17, 15) is 4.79 Å². The van der Waals surface area contributed by atoms with Crippen molar-refractivity contribution in [1.29, 1.82) is 0 Å². The quantitative estimate of drug-likeness (QED) is 0.220. The number of hydrogen-bond acceptors (Lipinski definition) is 2. The summed E-state index contributed by atoms with van der Waals surface area (Å²) in [6.45, 7) is 5.56. The number of ether oxygens (including phenoxy) is 1. The van der Waals surface area contributed by atoms with Crippen LogP contribution >= 0.6 is 0 Å². The van der Waals surface area contributed by atoms with Crippen LogP contribution in [0.5, 0.6) is 0 Å². The molecule has 1 aliphatic heterocycles. The van der Waals surface area contributed by atoms with E-state index < -0.39 is 0 Å². The first-order valence-corrected chi connectivity index (χ1v) is 7.08. The highest BCUT2D eigenvalue weighted by Crippen LogP contribution is 2.29. The predicted molar refractivity (Wildman–Crippen MR) is 77.4 cm³/mol. The topological polar surface area (TPSA) is 29.6 Å². The van der Waals surface area contributed by atoms with Gasteiger partial charge in [0.2, 0.25) is 5.78 Å². The number of ketones is 1. The van der Waals surface area contributed by atoms with E-state index >= 15 is 0 Å². The molecule has 0 spiro atoms. The lowest BCUT2D eigenvalue weighted by Crippen LogP contribution is -1.93. The maximum atomic E-state index is 10.8. The standard InChI is InChI=1S/C17H22O2/c1-3-5-6-7-10-13-16-17(19-16)14-11-8-9-12-15(18)4-2/h4,16-17H,2-3,5-7,10,13-14H2,1H3/t16-,17-/m1/s1. The van der Waals surface area contributed by atoms with Gasteiger partial charge in [0.05, 0.1) is 12.2 Å². The summed E-state index contributed by atoms with van der Waals surface area (Å²) in [5.74, 6) is 10.2. The Hall–Kier alpha value is -1.51. The summed E-state index contributed by atoms with van der Waals surface area (Å²) in [7, 11) is 0. The van der Waals surface area contributed by atoms with Gasteiger partial charge in [-0.25, -0.2) is 0 Å². The summed E-state index contributed by atoms with van der Waals surface area (Å²) in [6.07, 6.45) is 10.3. The molecule has 0 aliphatic carbocycles. The first-order valence-electron chi connectivity index (χ1n) is 7.08. The Kier molecular flexibility index (Phi) is 7.71. The van der Waals surface area contributed by atoms with Gasteiger partial charge in [-0.2, -0.15) is 0 Å². The Labute approximate surface area is 116 Å². The van der Waals surface area contributed by atoms with Crippen molar-refractivity contribution in [2.24, 2.45) is 0 Å². The largest absolute Gasteiger partial charge is 0.369 e. The molecule has 0 radical (unpaired) electrons. The average Bonchev–Trinajstić information content (AvgIpc) is 3.16. The van der Waals surface area contributed by atoms with E-state index in [2.05, 4.69) is 37.2 Å². The number of rotatable bonds is 8. The number of hydrogen-bond donors (Lipinski definition) is 0. The fourth-order valence-corrected chi connectivity index (χ4v) is 1.90. The molecule has 2 heteroatoms. The van der Waals surface area contributed by atoms with Crippen molar-refractivity contribution in [3.63, 3.8) is 0 Å². The van der Waals surface area contributed by atoms with Gasteiger partial charge in [-0.15, -0.1) is 0 Å². The van der Waals surface area contributed by atoms with E-state index in [0.29, 0.717) is 6.10 Å². The number of epoxide rings is 1. The van der Waals surface area contributed by atoms with Crippen LogP contribution in [0.25, 0.3) is 0 Å². The number of allylic oxidation sites excluding steroid dienone is 1. The van der Waals surface area contributed by atoms with Gasteiger partial charge in [0.1, 0.15) is 0 Å². The summed E-state index contributed by atoms with van der Waals surface area (Å²) in [6, 6.07) is 0. The Balaban J connectivity index is 2.04.